The summed E-state index contributed by atoms with van der Waals surface area (Å²) in [6, 6.07) is 10.5. The van der Waals surface area contributed by atoms with Crippen molar-refractivity contribution >= 4 is 0 Å². The van der Waals surface area contributed by atoms with Gasteiger partial charge in [0.25, 0.3) is 0 Å². The van der Waals surface area contributed by atoms with E-state index in [-0.39, 0.29) is 6.10 Å². The zero-order valence-electron chi connectivity index (χ0n) is 10.6. The molecule has 20 heavy (non-hydrogen) atoms. The average molecular weight is 276 g/mol. The van der Waals surface area contributed by atoms with Gasteiger partial charge in [0.05, 0.1) is 6.04 Å². The van der Waals surface area contributed by atoms with Crippen molar-refractivity contribution in [2.45, 2.75) is 18.6 Å². The van der Waals surface area contributed by atoms with Gasteiger partial charge in [-0.15, -0.1) is 0 Å². The van der Waals surface area contributed by atoms with E-state index in [9.17, 15) is 8.78 Å². The third kappa shape index (κ3) is 2.37. The Hall–Kier alpha value is -1.98. The molecule has 0 radical (unpaired) electrons. The van der Waals surface area contributed by atoms with Crippen LogP contribution in [-0.2, 0) is 6.42 Å². The molecule has 1 aliphatic heterocycles. The predicted molar refractivity (Wildman–Crippen MR) is 71.0 cm³/mol. The Morgan fingerprint density at radius 3 is 2.50 bits per heavy atom. The maximum atomic E-state index is 13.3. The summed E-state index contributed by atoms with van der Waals surface area (Å²) in [6.45, 7) is 0. The minimum atomic E-state index is -0.629. The zero-order chi connectivity index (χ0) is 14.1. The van der Waals surface area contributed by atoms with Crippen LogP contribution in [0.25, 0.3) is 0 Å². The topological polar surface area (TPSA) is 47.3 Å². The van der Waals surface area contributed by atoms with Gasteiger partial charge in [-0.05, 0) is 29.3 Å². The van der Waals surface area contributed by atoms with Gasteiger partial charge in [-0.25, -0.2) is 14.2 Å². The van der Waals surface area contributed by atoms with Gasteiger partial charge in [-0.2, -0.15) is 0 Å². The number of para-hydroxylation sites is 1. The number of hydrogen-bond acceptors (Lipinski definition) is 3. The summed E-state index contributed by atoms with van der Waals surface area (Å²) >= 11 is 0. The Bertz CT molecular complexity index is 588. The molecule has 0 aliphatic carbocycles. The van der Waals surface area contributed by atoms with Crippen molar-refractivity contribution in [2.24, 2.45) is 5.84 Å². The van der Waals surface area contributed by atoms with Crippen LogP contribution in [0.15, 0.2) is 42.5 Å². The van der Waals surface area contributed by atoms with E-state index in [1.165, 1.54) is 12.1 Å². The maximum absolute atomic E-state index is 13.3. The van der Waals surface area contributed by atoms with Crippen LogP contribution in [0.2, 0.25) is 0 Å². The molecule has 5 heteroatoms. The molecule has 2 unspecified atom stereocenters. The number of benzene rings is 2. The average Bonchev–Trinajstić information content (AvgIpc) is 2.81. The minimum Gasteiger partial charge on any atom is -0.488 e. The fraction of sp³-hybridized carbons (Fsp3) is 0.200. The lowest BCUT2D eigenvalue weighted by molar-refractivity contribution is 0.178. The molecule has 0 aromatic heterocycles. The molecule has 3 rings (SSSR count). The molecule has 104 valence electrons. The highest BCUT2D eigenvalue weighted by atomic mass is 19.1. The molecule has 2 aromatic carbocycles. The van der Waals surface area contributed by atoms with Gasteiger partial charge in [0.15, 0.2) is 0 Å². The van der Waals surface area contributed by atoms with E-state index >= 15 is 0 Å². The Labute approximate surface area is 115 Å². The predicted octanol–water partition coefficient (Wildman–Crippen LogP) is 2.47. The molecule has 0 saturated carbocycles. The Balaban J connectivity index is 1.88. The summed E-state index contributed by atoms with van der Waals surface area (Å²) in [5.41, 5.74) is 4.09. The first-order valence-electron chi connectivity index (χ1n) is 6.34. The van der Waals surface area contributed by atoms with E-state index in [4.69, 9.17) is 10.6 Å². The molecule has 0 bridgehead atoms. The Morgan fingerprint density at radius 1 is 1.15 bits per heavy atom. The first kappa shape index (κ1) is 13.0. The lowest BCUT2D eigenvalue weighted by atomic mass is 9.98. The maximum Gasteiger partial charge on any atom is 0.126 e. The molecule has 1 aliphatic rings. The van der Waals surface area contributed by atoms with Crippen molar-refractivity contribution in [1.29, 1.82) is 0 Å². The standard InChI is InChI=1S/C15H14F2N2O/c16-11-5-10(6-12(17)8-11)15(19-18)14-7-9-3-1-2-4-13(9)20-14/h1-6,8,14-15,19H,7,18H2. The first-order chi connectivity index (χ1) is 9.67. The summed E-state index contributed by atoms with van der Waals surface area (Å²) in [5, 5.41) is 0. The van der Waals surface area contributed by atoms with Gasteiger partial charge < -0.3 is 4.74 Å². The van der Waals surface area contributed by atoms with Gasteiger partial charge >= 0.3 is 0 Å². The molecule has 2 aromatic rings. The Morgan fingerprint density at radius 2 is 1.85 bits per heavy atom. The van der Waals surface area contributed by atoms with Crippen LogP contribution in [0.3, 0.4) is 0 Å². The molecular formula is C15H14F2N2O. The van der Waals surface area contributed by atoms with Gasteiger partial charge in [-0.3, -0.25) is 5.84 Å². The molecular weight excluding hydrogens is 262 g/mol. The second-order valence-electron chi connectivity index (χ2n) is 4.82. The number of nitrogens with one attached hydrogen (secondary N) is 1. The molecule has 0 saturated heterocycles. The molecule has 1 heterocycles. The minimum absolute atomic E-state index is 0.293. The molecule has 3 nitrogen and oxygen atoms in total. The normalized spacial score (nSPS) is 18.4. The van der Waals surface area contributed by atoms with E-state index in [0.717, 1.165) is 17.4 Å². The van der Waals surface area contributed by atoms with Crippen molar-refractivity contribution in [3.63, 3.8) is 0 Å². The fourth-order valence-corrected chi connectivity index (χ4v) is 2.57. The highest BCUT2D eigenvalue weighted by Crippen LogP contribution is 2.34. The van der Waals surface area contributed by atoms with Gasteiger partial charge in [0, 0.05) is 12.5 Å². The third-order valence-electron chi connectivity index (χ3n) is 3.47. The number of hydrazine groups is 1. The number of rotatable bonds is 3. The van der Waals surface area contributed by atoms with E-state index in [1.807, 2.05) is 24.3 Å². The number of halogens is 2. The van der Waals surface area contributed by atoms with Crippen LogP contribution >= 0.6 is 0 Å². The van der Waals surface area contributed by atoms with Gasteiger partial charge in [0.2, 0.25) is 0 Å². The second-order valence-corrected chi connectivity index (χ2v) is 4.82. The first-order valence-corrected chi connectivity index (χ1v) is 6.34. The molecule has 0 spiro atoms. The summed E-state index contributed by atoms with van der Waals surface area (Å²) in [5.74, 6) is 5.07. The van der Waals surface area contributed by atoms with Crippen LogP contribution in [0.5, 0.6) is 5.75 Å². The van der Waals surface area contributed by atoms with Crippen molar-refractivity contribution in [2.75, 3.05) is 0 Å². The van der Waals surface area contributed by atoms with Crippen molar-refractivity contribution in [3.05, 3.63) is 65.2 Å². The van der Waals surface area contributed by atoms with Crippen LogP contribution in [0.1, 0.15) is 17.2 Å². The summed E-state index contributed by atoms with van der Waals surface area (Å²) in [4.78, 5) is 0. The summed E-state index contributed by atoms with van der Waals surface area (Å²) < 4.78 is 32.5. The molecule has 0 fully saturated rings. The van der Waals surface area contributed by atoms with Crippen LogP contribution in [0, 0.1) is 11.6 Å². The quantitative estimate of drug-likeness (QED) is 0.669. The fourth-order valence-electron chi connectivity index (χ4n) is 2.57. The number of ether oxygens (including phenoxy) is 1. The molecule has 2 atom stereocenters. The SMILES string of the molecule is NNC(c1cc(F)cc(F)c1)C1Cc2ccccc2O1. The van der Waals surface area contributed by atoms with E-state index in [2.05, 4.69) is 5.43 Å². The van der Waals surface area contributed by atoms with Crippen LogP contribution in [0.4, 0.5) is 8.78 Å². The number of nitrogens with two attached hydrogens (primary N) is 1. The van der Waals surface area contributed by atoms with Crippen LogP contribution < -0.4 is 16.0 Å². The monoisotopic (exact) mass is 276 g/mol. The number of hydrogen-bond donors (Lipinski definition) is 2. The zero-order valence-corrected chi connectivity index (χ0v) is 10.6. The number of fused-ring (bicyclic) bond motifs is 1. The van der Waals surface area contributed by atoms with Gasteiger partial charge in [0.1, 0.15) is 23.5 Å². The van der Waals surface area contributed by atoms with E-state index in [1.54, 1.807) is 0 Å². The smallest absolute Gasteiger partial charge is 0.126 e. The largest absolute Gasteiger partial charge is 0.488 e. The lowest BCUT2D eigenvalue weighted by Crippen LogP contribution is -2.39. The highest BCUT2D eigenvalue weighted by Gasteiger charge is 2.31. The van der Waals surface area contributed by atoms with Crippen molar-refractivity contribution in [3.8, 4) is 5.75 Å². The summed E-state index contributed by atoms with van der Waals surface area (Å²) in [7, 11) is 0. The van der Waals surface area contributed by atoms with Gasteiger partial charge in [-0.1, -0.05) is 18.2 Å². The molecule has 0 amide bonds. The Kier molecular flexibility index (Phi) is 3.38. The second kappa shape index (κ2) is 5.19. The van der Waals surface area contributed by atoms with Crippen molar-refractivity contribution < 1.29 is 13.5 Å². The van der Waals surface area contributed by atoms with Crippen molar-refractivity contribution in [1.82, 2.24) is 5.43 Å². The lowest BCUT2D eigenvalue weighted by Gasteiger charge is -2.23. The highest BCUT2D eigenvalue weighted by molar-refractivity contribution is 5.38. The van der Waals surface area contributed by atoms with E-state index in [0.29, 0.717) is 12.0 Å². The van der Waals surface area contributed by atoms with E-state index < -0.39 is 17.7 Å². The summed E-state index contributed by atoms with van der Waals surface area (Å²) in [6.07, 6.45) is 0.349. The third-order valence-corrected chi connectivity index (χ3v) is 3.47. The molecule has 3 N–H and O–H groups in total. The van der Waals surface area contributed by atoms with Crippen LogP contribution in [-0.4, -0.2) is 6.10 Å².